The number of aryl methyl sites for hydroxylation is 1. The molecule has 0 saturated heterocycles. The summed E-state index contributed by atoms with van der Waals surface area (Å²) in [6.07, 6.45) is 9.54. The SMILES string of the molecule is CC.Cc1cnc2c(C#N)c(-c3ccc(NNC4(C)CC4)cn3)n(C3CCC3)c2c1. The number of hydrazine groups is 1. The van der Waals surface area contributed by atoms with Gasteiger partial charge in [0.2, 0.25) is 0 Å². The Morgan fingerprint density at radius 3 is 2.50 bits per heavy atom. The minimum absolute atomic E-state index is 0.201. The van der Waals surface area contributed by atoms with Crippen LogP contribution in [0.1, 0.15) is 70.0 Å². The number of hydrogen-bond acceptors (Lipinski definition) is 5. The summed E-state index contributed by atoms with van der Waals surface area (Å²) in [6.45, 7) is 8.25. The van der Waals surface area contributed by atoms with Crippen LogP contribution in [-0.2, 0) is 0 Å². The number of rotatable bonds is 5. The van der Waals surface area contributed by atoms with Gasteiger partial charge >= 0.3 is 0 Å². The first-order valence-corrected chi connectivity index (χ1v) is 11.0. The Kier molecular flexibility index (Phi) is 5.48. The first kappa shape index (κ1) is 20.4. The van der Waals surface area contributed by atoms with Crippen LogP contribution in [-0.4, -0.2) is 20.1 Å². The van der Waals surface area contributed by atoms with E-state index in [1.54, 1.807) is 0 Å². The standard InChI is InChI=1S/C22H24N6.C2H6/c1-14-10-19-20(25-12-14)17(11-23)21(28(19)16-4-3-5-16)18-7-6-15(13-24-18)26-27-22(2)8-9-22;1-2/h6-7,10,12-13,16,26-27H,3-5,8-9H2,1-2H3;1-2H3. The molecule has 5 rings (SSSR count). The maximum atomic E-state index is 9.91. The van der Waals surface area contributed by atoms with Crippen molar-refractivity contribution >= 4 is 16.7 Å². The quantitative estimate of drug-likeness (QED) is 0.551. The van der Waals surface area contributed by atoms with Gasteiger partial charge in [0.05, 0.1) is 28.8 Å². The molecule has 6 heteroatoms. The van der Waals surface area contributed by atoms with Crippen molar-refractivity contribution in [2.45, 2.75) is 71.4 Å². The molecule has 2 fully saturated rings. The molecule has 0 spiro atoms. The number of pyridine rings is 2. The van der Waals surface area contributed by atoms with E-state index in [4.69, 9.17) is 4.98 Å². The summed E-state index contributed by atoms with van der Waals surface area (Å²) in [7, 11) is 0. The predicted octanol–water partition coefficient (Wildman–Crippen LogP) is 5.50. The summed E-state index contributed by atoms with van der Waals surface area (Å²) in [4.78, 5) is 9.28. The third kappa shape index (κ3) is 3.66. The van der Waals surface area contributed by atoms with Crippen LogP contribution in [0.5, 0.6) is 0 Å². The lowest BCUT2D eigenvalue weighted by atomic mass is 9.92. The van der Waals surface area contributed by atoms with Gasteiger partial charge in [0.1, 0.15) is 17.1 Å². The van der Waals surface area contributed by atoms with Gasteiger partial charge in [0.25, 0.3) is 0 Å². The zero-order valence-electron chi connectivity index (χ0n) is 18.3. The maximum Gasteiger partial charge on any atom is 0.107 e. The second-order valence-corrected chi connectivity index (χ2v) is 8.41. The second kappa shape index (κ2) is 8.08. The number of aromatic nitrogens is 3. The van der Waals surface area contributed by atoms with Crippen LogP contribution in [0.25, 0.3) is 22.4 Å². The van der Waals surface area contributed by atoms with E-state index in [-0.39, 0.29) is 5.54 Å². The average Bonchev–Trinajstić information content (AvgIpc) is 3.39. The van der Waals surface area contributed by atoms with Crippen LogP contribution >= 0.6 is 0 Å². The Hall–Kier alpha value is -2.91. The predicted molar refractivity (Wildman–Crippen MR) is 121 cm³/mol. The highest BCUT2D eigenvalue weighted by Crippen LogP contribution is 2.41. The van der Waals surface area contributed by atoms with E-state index in [9.17, 15) is 5.26 Å². The fourth-order valence-electron chi connectivity index (χ4n) is 3.81. The zero-order chi connectivity index (χ0) is 21.3. The third-order valence-electron chi connectivity index (χ3n) is 6.04. The van der Waals surface area contributed by atoms with Gasteiger partial charge in [0, 0.05) is 17.8 Å². The molecule has 2 aliphatic rings. The summed E-state index contributed by atoms with van der Waals surface area (Å²) in [5, 5.41) is 9.91. The Balaban J connectivity index is 0.00000106. The topological polar surface area (TPSA) is 78.6 Å². The molecule has 3 aromatic heterocycles. The molecule has 30 heavy (non-hydrogen) atoms. The molecule has 2 saturated carbocycles. The van der Waals surface area contributed by atoms with Crippen molar-refractivity contribution in [3.05, 3.63) is 41.7 Å². The van der Waals surface area contributed by atoms with E-state index in [1.807, 2.05) is 45.3 Å². The first-order valence-electron chi connectivity index (χ1n) is 11.0. The Morgan fingerprint density at radius 2 is 1.93 bits per heavy atom. The molecule has 6 nitrogen and oxygen atoms in total. The van der Waals surface area contributed by atoms with Crippen molar-refractivity contribution in [2.24, 2.45) is 0 Å². The van der Waals surface area contributed by atoms with Crippen molar-refractivity contribution in [3.8, 4) is 17.5 Å². The summed E-state index contributed by atoms with van der Waals surface area (Å²) in [5.74, 6) is 0. The van der Waals surface area contributed by atoms with Crippen LogP contribution in [0.4, 0.5) is 5.69 Å². The molecule has 3 aromatic rings. The van der Waals surface area contributed by atoms with Gasteiger partial charge in [-0.05, 0) is 69.7 Å². The smallest absolute Gasteiger partial charge is 0.107 e. The van der Waals surface area contributed by atoms with Crippen LogP contribution in [0, 0.1) is 18.3 Å². The molecule has 3 heterocycles. The second-order valence-electron chi connectivity index (χ2n) is 8.41. The van der Waals surface area contributed by atoms with Crippen molar-refractivity contribution in [3.63, 3.8) is 0 Å². The molecule has 156 valence electrons. The molecule has 2 N–H and O–H groups in total. The maximum absolute atomic E-state index is 9.91. The van der Waals surface area contributed by atoms with Crippen molar-refractivity contribution < 1.29 is 0 Å². The molecular formula is C24H30N6. The van der Waals surface area contributed by atoms with E-state index >= 15 is 0 Å². The summed E-state index contributed by atoms with van der Waals surface area (Å²) >= 11 is 0. The van der Waals surface area contributed by atoms with E-state index in [0.29, 0.717) is 11.6 Å². The molecule has 0 amide bonds. The van der Waals surface area contributed by atoms with Gasteiger partial charge < -0.3 is 9.99 Å². The van der Waals surface area contributed by atoms with Crippen LogP contribution < -0.4 is 10.9 Å². The Labute approximate surface area is 178 Å². The van der Waals surface area contributed by atoms with Gasteiger partial charge in [-0.25, -0.2) is 5.43 Å². The van der Waals surface area contributed by atoms with E-state index < -0.39 is 0 Å². The van der Waals surface area contributed by atoms with Gasteiger partial charge in [0.15, 0.2) is 0 Å². The van der Waals surface area contributed by atoms with Gasteiger partial charge in [-0.3, -0.25) is 9.97 Å². The van der Waals surface area contributed by atoms with Crippen molar-refractivity contribution in [2.75, 3.05) is 5.43 Å². The minimum atomic E-state index is 0.201. The molecule has 0 aromatic carbocycles. The summed E-state index contributed by atoms with van der Waals surface area (Å²) in [5.41, 5.74) is 13.0. The highest BCUT2D eigenvalue weighted by atomic mass is 15.4. The average molecular weight is 403 g/mol. The lowest BCUT2D eigenvalue weighted by molar-refractivity contribution is 0.324. The number of anilines is 1. The summed E-state index contributed by atoms with van der Waals surface area (Å²) in [6, 6.07) is 8.97. The molecule has 0 unspecified atom stereocenters. The fourth-order valence-corrected chi connectivity index (χ4v) is 3.81. The minimum Gasteiger partial charge on any atom is -0.334 e. The number of nitriles is 1. The number of hydrogen-bond donors (Lipinski definition) is 2. The van der Waals surface area contributed by atoms with E-state index in [2.05, 4.69) is 39.5 Å². The van der Waals surface area contributed by atoms with Crippen LogP contribution in [0.15, 0.2) is 30.6 Å². The number of fused-ring (bicyclic) bond motifs is 1. The molecule has 0 atom stereocenters. The zero-order valence-corrected chi connectivity index (χ0v) is 18.3. The molecule has 0 aliphatic heterocycles. The molecule has 0 bridgehead atoms. The lowest BCUT2D eigenvalue weighted by Gasteiger charge is -2.30. The highest BCUT2D eigenvalue weighted by molar-refractivity contribution is 5.91. The first-order chi connectivity index (χ1) is 14.6. The largest absolute Gasteiger partial charge is 0.334 e. The fraction of sp³-hybridized carbons (Fsp3) is 0.458. The van der Waals surface area contributed by atoms with Crippen LogP contribution in [0.3, 0.4) is 0 Å². The van der Waals surface area contributed by atoms with Gasteiger partial charge in [-0.1, -0.05) is 13.8 Å². The van der Waals surface area contributed by atoms with Crippen molar-refractivity contribution in [1.29, 1.82) is 5.26 Å². The molecule has 0 radical (unpaired) electrons. The molecule has 2 aliphatic carbocycles. The summed E-state index contributed by atoms with van der Waals surface area (Å²) < 4.78 is 2.30. The normalized spacial score (nSPS) is 16.9. The number of nitrogens with zero attached hydrogens (tertiary/aromatic N) is 4. The number of nitrogens with one attached hydrogen (secondary N) is 2. The van der Waals surface area contributed by atoms with E-state index in [0.717, 1.165) is 46.5 Å². The Bertz CT molecular complexity index is 1080. The lowest BCUT2D eigenvalue weighted by Crippen LogP contribution is -2.33. The van der Waals surface area contributed by atoms with Gasteiger partial charge in [-0.15, -0.1) is 0 Å². The Morgan fingerprint density at radius 1 is 1.17 bits per heavy atom. The monoisotopic (exact) mass is 402 g/mol. The van der Waals surface area contributed by atoms with Gasteiger partial charge in [-0.2, -0.15) is 5.26 Å². The van der Waals surface area contributed by atoms with E-state index in [1.165, 1.54) is 19.3 Å². The third-order valence-corrected chi connectivity index (χ3v) is 6.04. The molecular weight excluding hydrogens is 372 g/mol. The van der Waals surface area contributed by atoms with Crippen molar-refractivity contribution in [1.82, 2.24) is 20.0 Å². The highest BCUT2D eigenvalue weighted by Gasteiger charge is 2.37. The van der Waals surface area contributed by atoms with Crippen LogP contribution in [0.2, 0.25) is 0 Å².